The van der Waals surface area contributed by atoms with Gasteiger partial charge in [-0.05, 0) is 23.8 Å². The van der Waals surface area contributed by atoms with Crippen molar-refractivity contribution in [2.24, 2.45) is 5.73 Å². The number of hydrogen-bond acceptors (Lipinski definition) is 1. The normalized spacial score (nSPS) is 14.1. The van der Waals surface area contributed by atoms with E-state index in [0.29, 0.717) is 4.47 Å². The molecule has 1 aromatic rings. The Morgan fingerprint density at radius 3 is 2.43 bits per heavy atom. The third kappa shape index (κ3) is 2.62. The molecule has 0 aromatic heterocycles. The highest BCUT2D eigenvalue weighted by Crippen LogP contribution is 2.35. The Labute approximate surface area is 92.2 Å². The largest absolute Gasteiger partial charge is 0.407 e. The van der Waals surface area contributed by atoms with E-state index in [1.54, 1.807) is 6.07 Å². The SMILES string of the molecule is NC(c1cc(Br)ccc1Cl)C(F)(F)F. The molecule has 0 saturated heterocycles. The number of alkyl halides is 3. The Kier molecular flexibility index (Phi) is 3.44. The molecule has 78 valence electrons. The van der Waals surface area contributed by atoms with Gasteiger partial charge in [-0.2, -0.15) is 13.2 Å². The Bertz CT molecular complexity index is 340. The molecular formula is C8H6BrClF3N. The zero-order valence-corrected chi connectivity index (χ0v) is 9.12. The smallest absolute Gasteiger partial charge is 0.316 e. The Morgan fingerprint density at radius 1 is 1.36 bits per heavy atom. The lowest BCUT2D eigenvalue weighted by atomic mass is 10.1. The first-order valence-electron chi connectivity index (χ1n) is 3.59. The molecule has 14 heavy (non-hydrogen) atoms. The van der Waals surface area contributed by atoms with Gasteiger partial charge in [-0.15, -0.1) is 0 Å². The summed E-state index contributed by atoms with van der Waals surface area (Å²) < 4.78 is 37.3. The molecule has 0 spiro atoms. The molecule has 1 nitrogen and oxygen atoms in total. The van der Waals surface area contributed by atoms with E-state index in [0.717, 1.165) is 0 Å². The summed E-state index contributed by atoms with van der Waals surface area (Å²) in [5.74, 6) is 0. The van der Waals surface area contributed by atoms with E-state index in [4.69, 9.17) is 17.3 Å². The van der Waals surface area contributed by atoms with Gasteiger partial charge in [0.25, 0.3) is 0 Å². The van der Waals surface area contributed by atoms with Crippen molar-refractivity contribution in [3.8, 4) is 0 Å². The van der Waals surface area contributed by atoms with Gasteiger partial charge in [-0.25, -0.2) is 0 Å². The number of nitrogens with two attached hydrogens (primary N) is 1. The highest BCUT2D eigenvalue weighted by molar-refractivity contribution is 9.10. The van der Waals surface area contributed by atoms with E-state index >= 15 is 0 Å². The molecule has 6 heteroatoms. The summed E-state index contributed by atoms with van der Waals surface area (Å²) in [4.78, 5) is 0. The van der Waals surface area contributed by atoms with Crippen LogP contribution in [0.3, 0.4) is 0 Å². The Morgan fingerprint density at radius 2 is 1.93 bits per heavy atom. The lowest BCUT2D eigenvalue weighted by molar-refractivity contribution is -0.149. The summed E-state index contributed by atoms with van der Waals surface area (Å²) in [5.41, 5.74) is 4.88. The van der Waals surface area contributed by atoms with Crippen LogP contribution in [0.1, 0.15) is 11.6 Å². The van der Waals surface area contributed by atoms with Gasteiger partial charge in [0, 0.05) is 9.50 Å². The first-order chi connectivity index (χ1) is 6.32. The summed E-state index contributed by atoms with van der Waals surface area (Å²) in [6.07, 6.45) is -4.48. The molecule has 0 aliphatic rings. The molecule has 0 aliphatic carbocycles. The number of halogens is 5. The van der Waals surface area contributed by atoms with Crippen molar-refractivity contribution >= 4 is 27.5 Å². The van der Waals surface area contributed by atoms with Crippen LogP contribution in [0.5, 0.6) is 0 Å². The molecule has 0 fully saturated rings. The van der Waals surface area contributed by atoms with E-state index in [1.807, 2.05) is 0 Å². The number of benzene rings is 1. The van der Waals surface area contributed by atoms with Crippen LogP contribution in [0.15, 0.2) is 22.7 Å². The van der Waals surface area contributed by atoms with E-state index < -0.39 is 12.2 Å². The molecule has 1 unspecified atom stereocenters. The van der Waals surface area contributed by atoms with Crippen molar-refractivity contribution in [1.82, 2.24) is 0 Å². The zero-order valence-electron chi connectivity index (χ0n) is 6.78. The van der Waals surface area contributed by atoms with Crippen LogP contribution < -0.4 is 5.73 Å². The molecule has 1 rings (SSSR count). The predicted octanol–water partition coefficient (Wildman–Crippen LogP) is 3.66. The molecule has 0 radical (unpaired) electrons. The highest BCUT2D eigenvalue weighted by atomic mass is 79.9. The molecule has 0 bridgehead atoms. The van der Waals surface area contributed by atoms with Crippen LogP contribution in [0.2, 0.25) is 5.02 Å². The van der Waals surface area contributed by atoms with Crippen LogP contribution in [0.4, 0.5) is 13.2 Å². The minimum Gasteiger partial charge on any atom is -0.316 e. The molecule has 0 aliphatic heterocycles. The van der Waals surface area contributed by atoms with Crippen LogP contribution in [0.25, 0.3) is 0 Å². The van der Waals surface area contributed by atoms with Gasteiger partial charge in [-0.3, -0.25) is 0 Å². The fourth-order valence-corrected chi connectivity index (χ4v) is 1.54. The Hall–Kier alpha value is -0.260. The fourth-order valence-electron chi connectivity index (χ4n) is 0.929. The monoisotopic (exact) mass is 287 g/mol. The standard InChI is InChI=1S/C8H6BrClF3N/c9-4-1-2-6(10)5(3-4)7(14)8(11,12)13/h1-3,7H,14H2. The summed E-state index contributed by atoms with van der Waals surface area (Å²) in [6, 6.07) is 2.13. The quantitative estimate of drug-likeness (QED) is 0.838. The van der Waals surface area contributed by atoms with Crippen LogP contribution in [0, 0.1) is 0 Å². The molecule has 0 amide bonds. The van der Waals surface area contributed by atoms with E-state index in [-0.39, 0.29) is 10.6 Å². The van der Waals surface area contributed by atoms with Gasteiger partial charge in [0.2, 0.25) is 0 Å². The predicted molar refractivity (Wildman–Crippen MR) is 52.1 cm³/mol. The van der Waals surface area contributed by atoms with Crippen LogP contribution >= 0.6 is 27.5 Å². The van der Waals surface area contributed by atoms with Crippen LogP contribution in [-0.4, -0.2) is 6.18 Å². The lowest BCUT2D eigenvalue weighted by Crippen LogP contribution is -2.28. The van der Waals surface area contributed by atoms with Crippen molar-refractivity contribution in [3.63, 3.8) is 0 Å². The average Bonchev–Trinajstić information content (AvgIpc) is 2.06. The van der Waals surface area contributed by atoms with Crippen molar-refractivity contribution in [2.75, 3.05) is 0 Å². The molecule has 1 aromatic carbocycles. The Balaban J connectivity index is 3.12. The minimum atomic E-state index is -4.48. The minimum absolute atomic E-state index is 0.0121. The zero-order chi connectivity index (χ0) is 10.9. The number of hydrogen-bond donors (Lipinski definition) is 1. The molecule has 0 saturated carbocycles. The van der Waals surface area contributed by atoms with E-state index in [1.165, 1.54) is 12.1 Å². The topological polar surface area (TPSA) is 26.0 Å². The van der Waals surface area contributed by atoms with Gasteiger partial charge in [0.05, 0.1) is 0 Å². The third-order valence-corrected chi connectivity index (χ3v) is 2.48. The first kappa shape index (κ1) is 11.8. The van der Waals surface area contributed by atoms with Crippen molar-refractivity contribution in [1.29, 1.82) is 0 Å². The van der Waals surface area contributed by atoms with Crippen molar-refractivity contribution in [3.05, 3.63) is 33.3 Å². The molecule has 0 heterocycles. The number of rotatable bonds is 1. The van der Waals surface area contributed by atoms with E-state index in [9.17, 15) is 13.2 Å². The summed E-state index contributed by atoms with van der Waals surface area (Å²) >= 11 is 8.65. The maximum Gasteiger partial charge on any atom is 0.407 e. The first-order valence-corrected chi connectivity index (χ1v) is 4.76. The molecular weight excluding hydrogens is 282 g/mol. The maximum atomic E-state index is 12.2. The van der Waals surface area contributed by atoms with Gasteiger partial charge < -0.3 is 5.73 Å². The second-order valence-corrected chi connectivity index (χ2v) is 4.01. The van der Waals surface area contributed by atoms with Gasteiger partial charge in [-0.1, -0.05) is 27.5 Å². The fraction of sp³-hybridized carbons (Fsp3) is 0.250. The van der Waals surface area contributed by atoms with Gasteiger partial charge >= 0.3 is 6.18 Å². The summed E-state index contributed by atoms with van der Waals surface area (Å²) in [7, 11) is 0. The summed E-state index contributed by atoms with van der Waals surface area (Å²) in [5, 5.41) is 0.0121. The molecule has 1 atom stereocenters. The average molecular weight is 288 g/mol. The second kappa shape index (κ2) is 4.08. The maximum absolute atomic E-state index is 12.2. The van der Waals surface area contributed by atoms with Gasteiger partial charge in [0.15, 0.2) is 0 Å². The second-order valence-electron chi connectivity index (χ2n) is 2.69. The van der Waals surface area contributed by atoms with Gasteiger partial charge in [0.1, 0.15) is 6.04 Å². The van der Waals surface area contributed by atoms with Crippen LogP contribution in [-0.2, 0) is 0 Å². The summed E-state index contributed by atoms with van der Waals surface area (Å²) in [6.45, 7) is 0. The highest BCUT2D eigenvalue weighted by Gasteiger charge is 2.38. The third-order valence-electron chi connectivity index (χ3n) is 1.65. The molecule has 2 N–H and O–H groups in total. The van der Waals surface area contributed by atoms with Crippen molar-refractivity contribution < 1.29 is 13.2 Å². The lowest BCUT2D eigenvalue weighted by Gasteiger charge is -2.17. The van der Waals surface area contributed by atoms with E-state index in [2.05, 4.69) is 15.9 Å². The van der Waals surface area contributed by atoms with Crippen molar-refractivity contribution in [2.45, 2.75) is 12.2 Å².